The lowest BCUT2D eigenvalue weighted by Crippen LogP contribution is -2.65. The SMILES string of the molecule is CCCCCCCCCCCCCC[C@@H](O)[C@@H](O)[C@H](COC1OC(CO)C(O)C(O)C1O)n1nnn(CCCCCCCCCCN2CC3(COC3)C2)c1=O. The monoisotopic (exact) mass is 786 g/mol. The van der Waals surface area contributed by atoms with Gasteiger partial charge in [0.15, 0.2) is 6.29 Å². The molecule has 3 aliphatic heterocycles. The highest BCUT2D eigenvalue weighted by atomic mass is 16.7. The van der Waals surface area contributed by atoms with Gasteiger partial charge in [-0.1, -0.05) is 122 Å². The summed E-state index contributed by atoms with van der Waals surface area (Å²) in [4.78, 5) is 16.0. The Labute approximate surface area is 328 Å². The molecule has 3 saturated heterocycles. The molecule has 320 valence electrons. The number of hydrogen-bond donors (Lipinski definition) is 6. The molecule has 8 atom stereocenters. The lowest BCUT2D eigenvalue weighted by atomic mass is 9.78. The Morgan fingerprint density at radius 3 is 1.84 bits per heavy atom. The second kappa shape index (κ2) is 25.1. The van der Waals surface area contributed by atoms with Crippen molar-refractivity contribution in [3.8, 4) is 0 Å². The summed E-state index contributed by atoms with van der Waals surface area (Å²) in [5.74, 6) is 0. The molecule has 4 heterocycles. The van der Waals surface area contributed by atoms with Crippen molar-refractivity contribution in [3.05, 3.63) is 10.5 Å². The molecule has 1 aromatic heterocycles. The minimum absolute atomic E-state index is 0.312. The van der Waals surface area contributed by atoms with Gasteiger partial charge in [0, 0.05) is 25.0 Å². The number of likely N-dealkylation sites (tertiary alicyclic amines) is 1. The smallest absolute Gasteiger partial charge is 0.364 e. The maximum absolute atomic E-state index is 13.5. The highest BCUT2D eigenvalue weighted by Crippen LogP contribution is 2.37. The molecule has 0 aromatic carbocycles. The number of nitrogens with zero attached hydrogens (tertiary/aromatic N) is 5. The Morgan fingerprint density at radius 1 is 0.745 bits per heavy atom. The topological polar surface area (TPSA) is 205 Å². The van der Waals surface area contributed by atoms with Gasteiger partial charge in [-0.3, -0.25) is 0 Å². The van der Waals surface area contributed by atoms with Crippen LogP contribution in [0.15, 0.2) is 4.79 Å². The Balaban J connectivity index is 1.18. The number of rotatable bonds is 31. The summed E-state index contributed by atoms with van der Waals surface area (Å²) < 4.78 is 18.8. The van der Waals surface area contributed by atoms with Gasteiger partial charge in [0.2, 0.25) is 0 Å². The zero-order chi connectivity index (χ0) is 39.5. The maximum Gasteiger partial charge on any atom is 0.364 e. The number of aromatic nitrogens is 4. The standard InChI is InChI=1S/C40H75N5O10/c1-2-3-4-5-6-7-8-9-10-13-16-19-22-32(47)34(48)31(26-54-38-37(51)36(50)35(49)33(25-46)55-38)45-39(52)44(41-42-45)24-21-18-15-12-11-14-17-20-23-43-27-40(28-43)29-53-30-40/h31-38,46-51H,2-30H2,1H3/t31-,32+,33?,34-,35?,36?,37?,38?/m0/s1. The van der Waals surface area contributed by atoms with Crippen LogP contribution in [0.2, 0.25) is 0 Å². The molecule has 0 bridgehead atoms. The molecular formula is C40H75N5O10. The predicted molar refractivity (Wildman–Crippen MR) is 207 cm³/mol. The third-order valence-corrected chi connectivity index (χ3v) is 11.9. The molecule has 0 radical (unpaired) electrons. The highest BCUT2D eigenvalue weighted by Gasteiger charge is 2.48. The number of aryl methyl sites for hydroxylation is 1. The van der Waals surface area contributed by atoms with E-state index in [1.807, 2.05) is 0 Å². The van der Waals surface area contributed by atoms with Crippen LogP contribution in [0.3, 0.4) is 0 Å². The van der Waals surface area contributed by atoms with Crippen LogP contribution >= 0.6 is 0 Å². The van der Waals surface area contributed by atoms with Crippen LogP contribution in [0.4, 0.5) is 0 Å². The van der Waals surface area contributed by atoms with Crippen LogP contribution < -0.4 is 5.69 Å². The maximum atomic E-state index is 13.5. The van der Waals surface area contributed by atoms with Crippen molar-refractivity contribution in [2.75, 3.05) is 46.1 Å². The van der Waals surface area contributed by atoms with E-state index in [0.29, 0.717) is 24.8 Å². The van der Waals surface area contributed by atoms with E-state index in [1.54, 1.807) is 0 Å². The van der Waals surface area contributed by atoms with E-state index in [0.717, 1.165) is 62.8 Å². The normalized spacial score (nSPS) is 25.5. The van der Waals surface area contributed by atoms with Crippen molar-refractivity contribution in [1.29, 1.82) is 0 Å². The number of aliphatic hydroxyl groups excluding tert-OH is 6. The molecule has 0 aliphatic carbocycles. The average molecular weight is 786 g/mol. The zero-order valence-electron chi connectivity index (χ0n) is 33.7. The van der Waals surface area contributed by atoms with E-state index >= 15 is 0 Å². The quantitative estimate of drug-likeness (QED) is 0.0600. The van der Waals surface area contributed by atoms with E-state index in [4.69, 9.17) is 14.2 Å². The summed E-state index contributed by atoms with van der Waals surface area (Å²) in [6, 6.07) is -1.18. The fraction of sp³-hybridized carbons (Fsp3) is 0.975. The zero-order valence-corrected chi connectivity index (χ0v) is 33.7. The summed E-state index contributed by atoms with van der Waals surface area (Å²) in [5, 5.41) is 71.0. The van der Waals surface area contributed by atoms with E-state index in [1.165, 1.54) is 101 Å². The van der Waals surface area contributed by atoms with Gasteiger partial charge in [0.1, 0.15) is 36.6 Å². The molecule has 1 aromatic rings. The average Bonchev–Trinajstić information content (AvgIpc) is 3.51. The minimum Gasteiger partial charge on any atom is -0.394 e. The first kappa shape index (κ1) is 46.2. The fourth-order valence-electron chi connectivity index (χ4n) is 8.26. The van der Waals surface area contributed by atoms with Crippen molar-refractivity contribution in [1.82, 2.24) is 24.7 Å². The summed E-state index contributed by atoms with van der Waals surface area (Å²) in [6.45, 7) is 7.00. The summed E-state index contributed by atoms with van der Waals surface area (Å²) >= 11 is 0. The summed E-state index contributed by atoms with van der Waals surface area (Å²) in [6.07, 6.45) is 13.0. The third-order valence-electron chi connectivity index (χ3n) is 11.9. The molecule has 3 fully saturated rings. The molecule has 3 aliphatic rings. The number of hydrogen-bond acceptors (Lipinski definition) is 13. The van der Waals surface area contributed by atoms with Crippen molar-refractivity contribution in [2.24, 2.45) is 5.41 Å². The van der Waals surface area contributed by atoms with Gasteiger partial charge < -0.3 is 49.7 Å². The molecule has 4 rings (SSSR count). The number of aliphatic hydroxyl groups is 6. The molecule has 15 nitrogen and oxygen atoms in total. The first-order valence-electron chi connectivity index (χ1n) is 21.8. The van der Waals surface area contributed by atoms with E-state index in [-0.39, 0.29) is 0 Å². The van der Waals surface area contributed by atoms with Crippen molar-refractivity contribution < 1.29 is 44.8 Å². The molecule has 0 saturated carbocycles. The number of tetrazole rings is 1. The minimum atomic E-state index is -1.66. The van der Waals surface area contributed by atoms with Gasteiger partial charge in [-0.05, 0) is 36.2 Å². The van der Waals surface area contributed by atoms with E-state index < -0.39 is 67.9 Å². The molecular weight excluding hydrogens is 710 g/mol. The lowest BCUT2D eigenvalue weighted by molar-refractivity contribution is -0.304. The predicted octanol–water partition coefficient (Wildman–Crippen LogP) is 3.06. The van der Waals surface area contributed by atoms with Gasteiger partial charge in [0.25, 0.3) is 0 Å². The third kappa shape index (κ3) is 14.7. The Bertz CT molecular complexity index is 1210. The van der Waals surface area contributed by atoms with Gasteiger partial charge in [0.05, 0.1) is 32.5 Å². The van der Waals surface area contributed by atoms with Crippen LogP contribution in [-0.2, 0) is 20.8 Å². The Morgan fingerprint density at radius 2 is 1.29 bits per heavy atom. The van der Waals surface area contributed by atoms with Crippen LogP contribution in [0.5, 0.6) is 0 Å². The van der Waals surface area contributed by atoms with Crippen LogP contribution in [0.1, 0.15) is 148 Å². The van der Waals surface area contributed by atoms with E-state index in [2.05, 4.69) is 22.3 Å². The van der Waals surface area contributed by atoms with Crippen LogP contribution in [0, 0.1) is 5.41 Å². The first-order chi connectivity index (χ1) is 26.7. The van der Waals surface area contributed by atoms with Crippen molar-refractivity contribution in [3.63, 3.8) is 0 Å². The molecule has 5 unspecified atom stereocenters. The van der Waals surface area contributed by atoms with Gasteiger partial charge in [-0.15, -0.1) is 0 Å². The molecule has 6 N–H and O–H groups in total. The fourth-order valence-corrected chi connectivity index (χ4v) is 8.26. The van der Waals surface area contributed by atoms with E-state index in [9.17, 15) is 35.4 Å². The first-order valence-corrected chi connectivity index (χ1v) is 21.8. The van der Waals surface area contributed by atoms with Crippen molar-refractivity contribution in [2.45, 2.75) is 197 Å². The summed E-state index contributed by atoms with van der Waals surface area (Å²) in [5.41, 5.74) is -0.0702. The molecule has 55 heavy (non-hydrogen) atoms. The van der Waals surface area contributed by atoms with Gasteiger partial charge >= 0.3 is 5.69 Å². The van der Waals surface area contributed by atoms with Gasteiger partial charge in [-0.2, -0.15) is 9.36 Å². The second-order valence-electron chi connectivity index (χ2n) is 16.8. The highest BCUT2D eigenvalue weighted by molar-refractivity contribution is 4.99. The Kier molecular flexibility index (Phi) is 21.0. The molecule has 0 amide bonds. The van der Waals surface area contributed by atoms with Crippen molar-refractivity contribution >= 4 is 0 Å². The summed E-state index contributed by atoms with van der Waals surface area (Å²) in [7, 11) is 0. The molecule has 15 heteroatoms. The number of unbranched alkanes of at least 4 members (excludes halogenated alkanes) is 18. The van der Waals surface area contributed by atoms with Gasteiger partial charge in [-0.25, -0.2) is 4.79 Å². The Hall–Kier alpha value is -1.53. The molecule has 1 spiro atoms. The largest absolute Gasteiger partial charge is 0.394 e. The van der Waals surface area contributed by atoms with Crippen LogP contribution in [0.25, 0.3) is 0 Å². The van der Waals surface area contributed by atoms with Crippen LogP contribution in [-0.4, -0.2) is 144 Å². The lowest BCUT2D eigenvalue weighted by Gasteiger charge is -2.55. The number of ether oxygens (including phenoxy) is 3. The second-order valence-corrected chi connectivity index (χ2v) is 16.8.